The number of hydrogen-bond donors (Lipinski definition) is 2. The van der Waals surface area contributed by atoms with Crippen molar-refractivity contribution in [2.24, 2.45) is 5.41 Å². The summed E-state index contributed by atoms with van der Waals surface area (Å²) >= 11 is 0. The minimum atomic E-state index is 0.0478. The van der Waals surface area contributed by atoms with E-state index < -0.39 is 0 Å². The molecule has 0 spiro atoms. The summed E-state index contributed by atoms with van der Waals surface area (Å²) in [6.45, 7) is 1.08. The normalized spacial score (nSPS) is 18.0. The Labute approximate surface area is 108 Å². The maximum absolute atomic E-state index is 9.62. The van der Waals surface area contributed by atoms with Gasteiger partial charge in [0.15, 0.2) is 0 Å². The molecule has 3 nitrogen and oxygen atoms in total. The van der Waals surface area contributed by atoms with Gasteiger partial charge in [-0.2, -0.15) is 5.26 Å². The average molecular weight is 244 g/mol. The summed E-state index contributed by atoms with van der Waals surface area (Å²) in [6, 6.07) is 9.59. The van der Waals surface area contributed by atoms with E-state index in [1.165, 1.54) is 19.3 Å². The Hall–Kier alpha value is -1.53. The lowest BCUT2D eigenvalue weighted by Gasteiger charge is -2.36. The molecule has 1 fully saturated rings. The summed E-state index contributed by atoms with van der Waals surface area (Å²) in [5.41, 5.74) is 1.74. The Morgan fingerprint density at radius 3 is 2.39 bits per heavy atom. The highest BCUT2D eigenvalue weighted by molar-refractivity contribution is 5.47. The summed E-state index contributed by atoms with van der Waals surface area (Å²) in [5, 5.41) is 21.7. The first kappa shape index (κ1) is 12.9. The number of anilines is 1. The summed E-state index contributed by atoms with van der Waals surface area (Å²) in [7, 11) is 0. The molecule has 0 amide bonds. The third-order valence-electron chi connectivity index (χ3n) is 3.93. The van der Waals surface area contributed by atoms with E-state index in [0.29, 0.717) is 5.56 Å². The maximum atomic E-state index is 9.62. The minimum Gasteiger partial charge on any atom is -0.396 e. The van der Waals surface area contributed by atoms with Crippen LogP contribution in [-0.4, -0.2) is 18.3 Å². The monoisotopic (exact) mass is 244 g/mol. The van der Waals surface area contributed by atoms with Gasteiger partial charge in [-0.15, -0.1) is 0 Å². The lowest BCUT2D eigenvalue weighted by atomic mass is 9.74. The molecular formula is C15H20N2O. The number of aliphatic hydroxyl groups excluding tert-OH is 1. The maximum Gasteiger partial charge on any atom is 0.0991 e. The van der Waals surface area contributed by atoms with Crippen molar-refractivity contribution in [3.05, 3.63) is 29.8 Å². The predicted molar refractivity (Wildman–Crippen MR) is 72.3 cm³/mol. The number of aliphatic hydroxyl groups is 1. The Morgan fingerprint density at radius 1 is 1.17 bits per heavy atom. The number of nitrogens with zero attached hydrogens (tertiary/aromatic N) is 1. The van der Waals surface area contributed by atoms with Crippen molar-refractivity contribution < 1.29 is 5.11 Å². The van der Waals surface area contributed by atoms with E-state index in [2.05, 4.69) is 11.4 Å². The van der Waals surface area contributed by atoms with Crippen LogP contribution < -0.4 is 5.32 Å². The molecule has 0 saturated heterocycles. The van der Waals surface area contributed by atoms with Gasteiger partial charge in [0, 0.05) is 17.6 Å². The zero-order valence-corrected chi connectivity index (χ0v) is 10.7. The van der Waals surface area contributed by atoms with E-state index >= 15 is 0 Å². The molecule has 96 valence electrons. The van der Waals surface area contributed by atoms with Gasteiger partial charge in [0.2, 0.25) is 0 Å². The Kier molecular flexibility index (Phi) is 4.22. The van der Waals surface area contributed by atoms with Gasteiger partial charge in [0.05, 0.1) is 18.2 Å². The summed E-state index contributed by atoms with van der Waals surface area (Å²) in [6.07, 6.45) is 5.93. The Morgan fingerprint density at radius 2 is 1.83 bits per heavy atom. The molecule has 0 unspecified atom stereocenters. The van der Waals surface area contributed by atoms with Crippen LogP contribution in [0.4, 0.5) is 5.69 Å². The predicted octanol–water partition coefficient (Wildman–Crippen LogP) is 2.91. The second-order valence-electron chi connectivity index (χ2n) is 5.26. The van der Waals surface area contributed by atoms with Gasteiger partial charge >= 0.3 is 0 Å². The van der Waals surface area contributed by atoms with Gasteiger partial charge in [-0.05, 0) is 37.1 Å². The highest BCUT2D eigenvalue weighted by Crippen LogP contribution is 2.35. The van der Waals surface area contributed by atoms with E-state index in [4.69, 9.17) is 5.26 Å². The Balaban J connectivity index is 1.94. The molecule has 1 saturated carbocycles. The molecule has 0 radical (unpaired) electrons. The Bertz CT molecular complexity index is 413. The van der Waals surface area contributed by atoms with Crippen LogP contribution in [-0.2, 0) is 0 Å². The van der Waals surface area contributed by atoms with Gasteiger partial charge in [0.25, 0.3) is 0 Å². The van der Waals surface area contributed by atoms with Crippen molar-refractivity contribution in [1.82, 2.24) is 0 Å². The van der Waals surface area contributed by atoms with Crippen LogP contribution in [0.5, 0.6) is 0 Å². The van der Waals surface area contributed by atoms with Crippen molar-refractivity contribution >= 4 is 5.69 Å². The van der Waals surface area contributed by atoms with Crippen LogP contribution in [0.15, 0.2) is 24.3 Å². The fraction of sp³-hybridized carbons (Fsp3) is 0.533. The fourth-order valence-corrected chi connectivity index (χ4v) is 2.64. The van der Waals surface area contributed by atoms with E-state index in [0.717, 1.165) is 25.1 Å². The van der Waals surface area contributed by atoms with E-state index in [1.54, 1.807) is 0 Å². The zero-order chi connectivity index (χ0) is 12.8. The standard InChI is InChI=1S/C15H20N2O/c16-10-13-4-6-14(7-5-13)17-11-15(12-18)8-2-1-3-9-15/h4-7,17-18H,1-3,8-9,11-12H2. The molecule has 1 aromatic carbocycles. The van der Waals surface area contributed by atoms with Crippen LogP contribution in [0.25, 0.3) is 0 Å². The molecule has 3 heteroatoms. The van der Waals surface area contributed by atoms with Crippen LogP contribution in [0, 0.1) is 16.7 Å². The molecule has 18 heavy (non-hydrogen) atoms. The molecule has 0 heterocycles. The summed E-state index contributed by atoms with van der Waals surface area (Å²) in [5.74, 6) is 0. The zero-order valence-electron chi connectivity index (χ0n) is 10.7. The minimum absolute atomic E-state index is 0.0478. The third-order valence-corrected chi connectivity index (χ3v) is 3.93. The molecule has 0 aromatic heterocycles. The van der Waals surface area contributed by atoms with E-state index in [1.807, 2.05) is 24.3 Å². The first-order valence-corrected chi connectivity index (χ1v) is 6.63. The second kappa shape index (κ2) is 5.88. The number of nitriles is 1. The van der Waals surface area contributed by atoms with Crippen LogP contribution in [0.3, 0.4) is 0 Å². The number of nitrogens with one attached hydrogen (secondary N) is 1. The molecule has 1 aliphatic carbocycles. The second-order valence-corrected chi connectivity index (χ2v) is 5.26. The van der Waals surface area contributed by atoms with E-state index in [9.17, 15) is 5.11 Å². The van der Waals surface area contributed by atoms with Gasteiger partial charge < -0.3 is 10.4 Å². The van der Waals surface area contributed by atoms with E-state index in [-0.39, 0.29) is 12.0 Å². The SMILES string of the molecule is N#Cc1ccc(NCC2(CO)CCCCC2)cc1. The molecular weight excluding hydrogens is 224 g/mol. The number of hydrogen-bond acceptors (Lipinski definition) is 3. The average Bonchev–Trinajstić information content (AvgIpc) is 2.47. The lowest BCUT2D eigenvalue weighted by molar-refractivity contribution is 0.0944. The van der Waals surface area contributed by atoms with Crippen molar-refractivity contribution in [3.8, 4) is 6.07 Å². The smallest absolute Gasteiger partial charge is 0.0991 e. The fourth-order valence-electron chi connectivity index (χ4n) is 2.64. The molecule has 2 N–H and O–H groups in total. The number of benzene rings is 1. The molecule has 0 bridgehead atoms. The molecule has 0 atom stereocenters. The van der Waals surface area contributed by atoms with Gasteiger partial charge in [0.1, 0.15) is 0 Å². The quantitative estimate of drug-likeness (QED) is 0.856. The summed E-state index contributed by atoms with van der Waals surface area (Å²) < 4.78 is 0. The van der Waals surface area contributed by atoms with Crippen molar-refractivity contribution in [3.63, 3.8) is 0 Å². The highest BCUT2D eigenvalue weighted by atomic mass is 16.3. The topological polar surface area (TPSA) is 56.0 Å². The first-order chi connectivity index (χ1) is 8.78. The molecule has 0 aliphatic heterocycles. The van der Waals surface area contributed by atoms with Crippen molar-refractivity contribution in [2.75, 3.05) is 18.5 Å². The van der Waals surface area contributed by atoms with Gasteiger partial charge in [-0.1, -0.05) is 19.3 Å². The largest absolute Gasteiger partial charge is 0.396 e. The van der Waals surface area contributed by atoms with Crippen LogP contribution in [0.1, 0.15) is 37.7 Å². The number of rotatable bonds is 4. The van der Waals surface area contributed by atoms with Crippen LogP contribution in [0.2, 0.25) is 0 Å². The summed E-state index contributed by atoms with van der Waals surface area (Å²) in [4.78, 5) is 0. The van der Waals surface area contributed by atoms with Gasteiger partial charge in [-0.25, -0.2) is 0 Å². The molecule has 1 aliphatic rings. The first-order valence-electron chi connectivity index (χ1n) is 6.63. The molecule has 1 aromatic rings. The lowest BCUT2D eigenvalue weighted by Crippen LogP contribution is -2.35. The highest BCUT2D eigenvalue weighted by Gasteiger charge is 2.30. The third kappa shape index (κ3) is 3.02. The molecule has 2 rings (SSSR count). The van der Waals surface area contributed by atoms with Crippen LogP contribution >= 0.6 is 0 Å². The van der Waals surface area contributed by atoms with Gasteiger partial charge in [-0.3, -0.25) is 0 Å². The van der Waals surface area contributed by atoms with Crippen molar-refractivity contribution in [2.45, 2.75) is 32.1 Å². The van der Waals surface area contributed by atoms with Crippen molar-refractivity contribution in [1.29, 1.82) is 5.26 Å².